The number of anilines is 1. The number of fused-ring (bicyclic) bond motifs is 1. The summed E-state index contributed by atoms with van der Waals surface area (Å²) in [6, 6.07) is 15.0. The van der Waals surface area contributed by atoms with E-state index in [1.54, 1.807) is 37.3 Å². The van der Waals surface area contributed by atoms with E-state index >= 15 is 0 Å². The Labute approximate surface area is 202 Å². The molecule has 2 aromatic heterocycles. The zero-order chi connectivity index (χ0) is 25.2. The van der Waals surface area contributed by atoms with Crippen LogP contribution in [0.15, 0.2) is 65.1 Å². The van der Waals surface area contributed by atoms with Gasteiger partial charge in [0.2, 0.25) is 5.91 Å². The lowest BCUT2D eigenvalue weighted by atomic mass is 10.0. The summed E-state index contributed by atoms with van der Waals surface area (Å²) in [5.74, 6) is -0.591. The highest BCUT2D eigenvalue weighted by Gasteiger charge is 2.37. The minimum atomic E-state index is -1.17. The number of amides is 2. The minimum Gasteiger partial charge on any atom is -0.464 e. The fourth-order valence-corrected chi connectivity index (χ4v) is 3.77. The first-order valence-corrected chi connectivity index (χ1v) is 11.4. The Morgan fingerprint density at radius 3 is 2.60 bits per heavy atom. The molecule has 0 unspecified atom stereocenters. The molecule has 2 heterocycles. The molecule has 0 fully saturated rings. The lowest BCUT2D eigenvalue weighted by Gasteiger charge is -2.33. The minimum absolute atomic E-state index is 0.211. The third kappa shape index (κ3) is 5.24. The van der Waals surface area contributed by atoms with Crippen LogP contribution in [0.25, 0.3) is 11.0 Å². The van der Waals surface area contributed by atoms with Crippen LogP contribution >= 0.6 is 0 Å². The van der Waals surface area contributed by atoms with Crippen molar-refractivity contribution in [1.82, 2.24) is 20.3 Å². The zero-order valence-electron chi connectivity index (χ0n) is 20.2. The molecule has 2 aromatic carbocycles. The highest BCUT2D eigenvalue weighted by molar-refractivity contribution is 6.01. The third-order valence-electron chi connectivity index (χ3n) is 5.94. The highest BCUT2D eigenvalue weighted by Crippen LogP contribution is 2.31. The van der Waals surface area contributed by atoms with Gasteiger partial charge in [0.15, 0.2) is 6.04 Å². The lowest BCUT2D eigenvalue weighted by Crippen LogP contribution is -2.51. The van der Waals surface area contributed by atoms with E-state index in [2.05, 4.69) is 15.6 Å². The lowest BCUT2D eigenvalue weighted by molar-refractivity contribution is -0.128. The summed E-state index contributed by atoms with van der Waals surface area (Å²) in [4.78, 5) is 28.7. The summed E-state index contributed by atoms with van der Waals surface area (Å²) in [5, 5.41) is 11.2. The largest absolute Gasteiger partial charge is 0.464 e. The molecule has 8 nitrogen and oxygen atoms in total. The molecule has 0 aliphatic heterocycles. The second-order valence-electron chi connectivity index (χ2n) is 9.06. The quantitative estimate of drug-likeness (QED) is 0.402. The molecule has 0 saturated heterocycles. The van der Waals surface area contributed by atoms with Crippen molar-refractivity contribution in [2.24, 2.45) is 0 Å². The molecule has 2 amide bonds. The van der Waals surface area contributed by atoms with Crippen LogP contribution in [-0.2, 0) is 16.1 Å². The van der Waals surface area contributed by atoms with Crippen molar-refractivity contribution < 1.29 is 18.4 Å². The number of aryl methyl sites for hydroxylation is 1. The van der Waals surface area contributed by atoms with Gasteiger partial charge in [-0.2, -0.15) is 0 Å². The van der Waals surface area contributed by atoms with E-state index < -0.39 is 29.2 Å². The van der Waals surface area contributed by atoms with E-state index in [-0.39, 0.29) is 18.0 Å². The van der Waals surface area contributed by atoms with E-state index in [0.29, 0.717) is 23.2 Å². The Bertz CT molecular complexity index is 1360. The standard InChI is InChI=1S/C26H28FN5O3/c1-5-26(3,4)28-25(34)24(22-14-13-17(2)35-22)32(19-10-8-9-18(27)15-19)23(33)16-31-21-12-7-6-11-20(21)29-30-31/h6-15,24H,5,16H2,1-4H3,(H,28,34)/t24-/m0/s1. The average Bonchev–Trinajstić information content (AvgIpc) is 3.43. The molecule has 9 heteroatoms. The SMILES string of the molecule is CCC(C)(C)NC(=O)[C@H](c1ccc(C)o1)N(C(=O)Cn1nnc2ccccc21)c1cccc(F)c1. The van der Waals surface area contributed by atoms with Crippen molar-refractivity contribution in [1.29, 1.82) is 0 Å². The number of para-hydroxylation sites is 1. The van der Waals surface area contributed by atoms with Gasteiger partial charge in [-0.3, -0.25) is 14.5 Å². The second-order valence-corrected chi connectivity index (χ2v) is 9.06. The number of aromatic nitrogens is 3. The van der Waals surface area contributed by atoms with Gasteiger partial charge < -0.3 is 9.73 Å². The number of nitrogens with zero attached hydrogens (tertiary/aromatic N) is 4. The zero-order valence-corrected chi connectivity index (χ0v) is 20.2. The normalized spacial score (nSPS) is 12.5. The maximum atomic E-state index is 14.3. The van der Waals surface area contributed by atoms with Crippen molar-refractivity contribution in [3.05, 3.63) is 78.0 Å². The van der Waals surface area contributed by atoms with Gasteiger partial charge >= 0.3 is 0 Å². The van der Waals surface area contributed by atoms with Crippen LogP contribution in [0.3, 0.4) is 0 Å². The molecule has 0 aliphatic rings. The van der Waals surface area contributed by atoms with Crippen molar-refractivity contribution >= 4 is 28.5 Å². The first-order valence-electron chi connectivity index (χ1n) is 11.4. The van der Waals surface area contributed by atoms with E-state index in [0.717, 1.165) is 0 Å². The number of furan rings is 1. The molecule has 35 heavy (non-hydrogen) atoms. The van der Waals surface area contributed by atoms with Crippen molar-refractivity contribution in [3.8, 4) is 0 Å². The monoisotopic (exact) mass is 477 g/mol. The molecule has 0 bridgehead atoms. The Morgan fingerprint density at radius 1 is 1.14 bits per heavy atom. The van der Waals surface area contributed by atoms with Crippen LogP contribution in [0.5, 0.6) is 0 Å². The molecule has 1 N–H and O–H groups in total. The molecule has 0 aliphatic carbocycles. The van der Waals surface area contributed by atoms with Gasteiger partial charge in [0.05, 0.1) is 5.52 Å². The molecule has 0 radical (unpaired) electrons. The Hall–Kier alpha value is -4.01. The summed E-state index contributed by atoms with van der Waals surface area (Å²) in [7, 11) is 0. The van der Waals surface area contributed by atoms with E-state index in [1.165, 1.54) is 27.8 Å². The molecule has 0 spiro atoms. The van der Waals surface area contributed by atoms with Gasteiger partial charge in [-0.25, -0.2) is 9.07 Å². The average molecular weight is 478 g/mol. The number of halogens is 1. The Balaban J connectivity index is 1.80. The van der Waals surface area contributed by atoms with E-state index in [1.807, 2.05) is 32.9 Å². The van der Waals surface area contributed by atoms with Gasteiger partial charge in [0.1, 0.15) is 29.4 Å². The molecular formula is C26H28FN5O3. The number of rotatable bonds is 8. The maximum absolute atomic E-state index is 14.3. The van der Waals surface area contributed by atoms with Crippen LogP contribution < -0.4 is 10.2 Å². The van der Waals surface area contributed by atoms with Crippen LogP contribution in [0.1, 0.15) is 44.8 Å². The van der Waals surface area contributed by atoms with Crippen LogP contribution in [0, 0.1) is 12.7 Å². The Morgan fingerprint density at radius 2 is 1.91 bits per heavy atom. The van der Waals surface area contributed by atoms with Crippen LogP contribution in [-0.4, -0.2) is 32.3 Å². The summed E-state index contributed by atoms with van der Waals surface area (Å²) in [6.45, 7) is 7.29. The Kier molecular flexibility index (Phi) is 6.68. The number of carbonyl (C=O) groups is 2. The van der Waals surface area contributed by atoms with Crippen LogP contribution in [0.4, 0.5) is 10.1 Å². The van der Waals surface area contributed by atoms with Gasteiger partial charge in [0, 0.05) is 11.2 Å². The van der Waals surface area contributed by atoms with E-state index in [9.17, 15) is 14.0 Å². The number of carbonyl (C=O) groups excluding carboxylic acids is 2. The summed E-state index contributed by atoms with van der Waals surface area (Å²) >= 11 is 0. The number of hydrogen-bond acceptors (Lipinski definition) is 5. The predicted molar refractivity (Wildman–Crippen MR) is 130 cm³/mol. The number of nitrogens with one attached hydrogen (secondary N) is 1. The topological polar surface area (TPSA) is 93.3 Å². The van der Waals surface area contributed by atoms with Gasteiger partial charge in [0.25, 0.3) is 5.91 Å². The molecule has 0 saturated carbocycles. The van der Waals surface area contributed by atoms with E-state index in [4.69, 9.17) is 4.42 Å². The highest BCUT2D eigenvalue weighted by atomic mass is 19.1. The molecule has 4 aromatic rings. The van der Waals surface area contributed by atoms with Gasteiger partial charge in [-0.1, -0.05) is 30.3 Å². The van der Waals surface area contributed by atoms with Crippen LogP contribution in [0.2, 0.25) is 0 Å². The van der Waals surface area contributed by atoms with Crippen molar-refractivity contribution in [2.45, 2.75) is 52.2 Å². The first kappa shape index (κ1) is 24.1. The fraction of sp³-hybridized carbons (Fsp3) is 0.308. The summed E-state index contributed by atoms with van der Waals surface area (Å²) < 4.78 is 21.6. The number of hydrogen-bond donors (Lipinski definition) is 1. The molecule has 4 rings (SSSR count). The second kappa shape index (κ2) is 9.69. The summed E-state index contributed by atoms with van der Waals surface area (Å²) in [6.07, 6.45) is 0.668. The smallest absolute Gasteiger partial charge is 0.251 e. The van der Waals surface area contributed by atoms with Gasteiger partial charge in [-0.15, -0.1) is 5.10 Å². The van der Waals surface area contributed by atoms with Crippen molar-refractivity contribution in [3.63, 3.8) is 0 Å². The first-order chi connectivity index (χ1) is 16.7. The maximum Gasteiger partial charge on any atom is 0.251 e. The van der Waals surface area contributed by atoms with Gasteiger partial charge in [-0.05, 0) is 69.7 Å². The molecular weight excluding hydrogens is 449 g/mol. The molecule has 1 atom stereocenters. The summed E-state index contributed by atoms with van der Waals surface area (Å²) in [5.41, 5.74) is 0.999. The fourth-order valence-electron chi connectivity index (χ4n) is 3.77. The van der Waals surface area contributed by atoms with Crippen molar-refractivity contribution in [2.75, 3.05) is 4.90 Å². The molecule has 182 valence electrons. The predicted octanol–water partition coefficient (Wildman–Crippen LogP) is 4.55. The third-order valence-corrected chi connectivity index (χ3v) is 5.94. The number of benzene rings is 2.